The lowest BCUT2D eigenvalue weighted by Crippen LogP contribution is -2.45. The van der Waals surface area contributed by atoms with Gasteiger partial charge >= 0.3 is 11.9 Å². The van der Waals surface area contributed by atoms with Gasteiger partial charge < -0.3 is 9.47 Å². The van der Waals surface area contributed by atoms with Crippen molar-refractivity contribution < 1.29 is 23.9 Å². The highest BCUT2D eigenvalue weighted by molar-refractivity contribution is 6.04. The lowest BCUT2D eigenvalue weighted by molar-refractivity contribution is -0.155. The molecule has 0 spiro atoms. The Hall–Kier alpha value is -3.93. The quantitative estimate of drug-likeness (QED) is 0.534. The van der Waals surface area contributed by atoms with Crippen molar-refractivity contribution in [3.05, 3.63) is 95.1 Å². The van der Waals surface area contributed by atoms with E-state index in [1.54, 1.807) is 43.0 Å². The van der Waals surface area contributed by atoms with E-state index in [9.17, 15) is 14.4 Å². The normalized spacial score (nSPS) is 18.0. The zero-order chi connectivity index (χ0) is 23.9. The van der Waals surface area contributed by atoms with Gasteiger partial charge in [0.1, 0.15) is 11.5 Å². The van der Waals surface area contributed by atoms with E-state index in [-0.39, 0.29) is 5.91 Å². The van der Waals surface area contributed by atoms with E-state index >= 15 is 0 Å². The molecule has 1 amide bonds. The van der Waals surface area contributed by atoms with Gasteiger partial charge in [-0.1, -0.05) is 54.6 Å². The molecule has 0 fully saturated rings. The first kappa shape index (κ1) is 21.9. The number of rotatable bonds is 3. The van der Waals surface area contributed by atoms with Crippen LogP contribution in [0.2, 0.25) is 0 Å². The summed E-state index contributed by atoms with van der Waals surface area (Å²) in [6.45, 7) is 2.93. The number of carbonyl (C=O) groups excluding carboxylic acids is 3. The molecule has 0 saturated carbocycles. The minimum Gasteiger partial charge on any atom is -0.455 e. The van der Waals surface area contributed by atoms with Crippen LogP contribution >= 0.6 is 0 Å². The van der Waals surface area contributed by atoms with Gasteiger partial charge in [0.15, 0.2) is 6.61 Å². The number of fused-ring (bicyclic) bond motifs is 3. The number of anilines is 2. The molecule has 0 N–H and O–H groups in total. The zero-order valence-corrected chi connectivity index (χ0v) is 19.1. The molecule has 6 nitrogen and oxygen atoms in total. The van der Waals surface area contributed by atoms with E-state index < -0.39 is 30.1 Å². The van der Waals surface area contributed by atoms with Gasteiger partial charge in [0.2, 0.25) is 0 Å². The first-order valence-corrected chi connectivity index (χ1v) is 11.3. The van der Waals surface area contributed by atoms with Gasteiger partial charge in [0.25, 0.3) is 5.91 Å². The van der Waals surface area contributed by atoms with Gasteiger partial charge in [-0.05, 0) is 61.6 Å². The van der Waals surface area contributed by atoms with Gasteiger partial charge in [-0.3, -0.25) is 14.5 Å². The lowest BCUT2D eigenvalue weighted by atomic mass is 9.80. The number of cyclic esters (lactones) is 1. The summed E-state index contributed by atoms with van der Waals surface area (Å²) in [5, 5.41) is 0. The standard InChI is InChI=1S/C28H25NO5/c1-28(2)25(20-11-5-6-12-21(20)26(31)34-28)27(32)33-17-24(30)29-22-13-7-3-9-18(22)15-16-19-10-4-8-14-23(19)29/h3-14,25H,15-17H2,1-2H3. The number of hydrogen-bond acceptors (Lipinski definition) is 5. The van der Waals surface area contributed by atoms with E-state index in [0.29, 0.717) is 11.1 Å². The number of esters is 2. The van der Waals surface area contributed by atoms with Crippen molar-refractivity contribution >= 4 is 29.2 Å². The van der Waals surface area contributed by atoms with Crippen LogP contribution in [0.4, 0.5) is 11.4 Å². The Bertz CT molecular complexity index is 1250. The van der Waals surface area contributed by atoms with Crippen LogP contribution in [-0.2, 0) is 31.9 Å². The maximum Gasteiger partial charge on any atom is 0.339 e. The molecule has 0 bridgehead atoms. The number of para-hydroxylation sites is 2. The number of carbonyl (C=O) groups is 3. The maximum absolute atomic E-state index is 13.5. The molecule has 2 aliphatic rings. The van der Waals surface area contributed by atoms with Gasteiger partial charge in [-0.25, -0.2) is 4.79 Å². The van der Waals surface area contributed by atoms with Crippen molar-refractivity contribution in [2.24, 2.45) is 0 Å². The van der Waals surface area contributed by atoms with Gasteiger partial charge in [-0.15, -0.1) is 0 Å². The van der Waals surface area contributed by atoms with Crippen LogP contribution in [0.3, 0.4) is 0 Å². The van der Waals surface area contributed by atoms with E-state index in [0.717, 1.165) is 35.3 Å². The van der Waals surface area contributed by atoms with Crippen LogP contribution in [0.5, 0.6) is 0 Å². The molecule has 1 atom stereocenters. The summed E-state index contributed by atoms with van der Waals surface area (Å²) in [5.41, 5.74) is 3.50. The first-order valence-electron chi connectivity index (χ1n) is 11.3. The Labute approximate surface area is 198 Å². The second-order valence-corrected chi connectivity index (χ2v) is 9.11. The molecule has 0 aliphatic carbocycles. The molecule has 3 aromatic carbocycles. The molecule has 1 unspecified atom stereocenters. The fourth-order valence-corrected chi connectivity index (χ4v) is 4.90. The summed E-state index contributed by atoms with van der Waals surface area (Å²) < 4.78 is 11.1. The van der Waals surface area contributed by atoms with E-state index in [1.807, 2.05) is 48.5 Å². The van der Waals surface area contributed by atoms with Crippen LogP contribution < -0.4 is 4.90 Å². The minimum atomic E-state index is -1.10. The largest absolute Gasteiger partial charge is 0.455 e. The summed E-state index contributed by atoms with van der Waals surface area (Å²) in [5.74, 6) is -2.25. The molecule has 6 heteroatoms. The van der Waals surface area contributed by atoms with Crippen LogP contribution in [0.15, 0.2) is 72.8 Å². The summed E-state index contributed by atoms with van der Waals surface area (Å²) >= 11 is 0. The molecule has 0 radical (unpaired) electrons. The fraction of sp³-hybridized carbons (Fsp3) is 0.250. The van der Waals surface area contributed by atoms with E-state index in [2.05, 4.69) is 0 Å². The summed E-state index contributed by atoms with van der Waals surface area (Å²) in [4.78, 5) is 40.7. The average Bonchev–Trinajstić information content (AvgIpc) is 2.99. The molecule has 172 valence electrons. The van der Waals surface area contributed by atoms with Gasteiger partial charge in [-0.2, -0.15) is 0 Å². The van der Waals surface area contributed by atoms with Crippen LogP contribution in [0, 0.1) is 0 Å². The Morgan fingerprint density at radius 3 is 2.12 bits per heavy atom. The molecule has 2 heterocycles. The first-order chi connectivity index (χ1) is 16.4. The molecule has 34 heavy (non-hydrogen) atoms. The number of ether oxygens (including phenoxy) is 2. The molecule has 2 aliphatic heterocycles. The number of benzene rings is 3. The van der Waals surface area contributed by atoms with Crippen molar-refractivity contribution in [1.82, 2.24) is 0 Å². The molecule has 3 aromatic rings. The van der Waals surface area contributed by atoms with Gasteiger partial charge in [0.05, 0.1) is 16.9 Å². The molecule has 0 aromatic heterocycles. The summed E-state index contributed by atoms with van der Waals surface area (Å²) in [6, 6.07) is 22.4. The maximum atomic E-state index is 13.5. The average molecular weight is 456 g/mol. The second kappa shape index (κ2) is 8.45. The highest BCUT2D eigenvalue weighted by atomic mass is 16.6. The van der Waals surface area contributed by atoms with E-state index in [4.69, 9.17) is 9.47 Å². The highest BCUT2D eigenvalue weighted by Gasteiger charge is 2.47. The third-order valence-corrected chi connectivity index (χ3v) is 6.49. The predicted octanol–water partition coefficient (Wildman–Crippen LogP) is 4.73. The molecular weight excluding hydrogens is 430 g/mol. The highest BCUT2D eigenvalue weighted by Crippen LogP contribution is 2.40. The third kappa shape index (κ3) is 3.75. The minimum absolute atomic E-state index is 0.338. The van der Waals surface area contributed by atoms with Crippen molar-refractivity contribution in [3.63, 3.8) is 0 Å². The third-order valence-electron chi connectivity index (χ3n) is 6.49. The lowest BCUT2D eigenvalue weighted by Gasteiger charge is -2.37. The van der Waals surface area contributed by atoms with Crippen LogP contribution in [0.25, 0.3) is 0 Å². The second-order valence-electron chi connectivity index (χ2n) is 9.11. The van der Waals surface area contributed by atoms with Crippen molar-refractivity contribution in [3.8, 4) is 0 Å². The smallest absolute Gasteiger partial charge is 0.339 e. The molecule has 0 saturated heterocycles. The summed E-state index contributed by atoms with van der Waals surface area (Å²) in [7, 11) is 0. The number of aryl methyl sites for hydroxylation is 2. The molecular formula is C28H25NO5. The van der Waals surface area contributed by atoms with Crippen molar-refractivity contribution in [2.75, 3.05) is 11.5 Å². The topological polar surface area (TPSA) is 72.9 Å². The van der Waals surface area contributed by atoms with E-state index in [1.165, 1.54) is 0 Å². The fourth-order valence-electron chi connectivity index (χ4n) is 4.90. The van der Waals surface area contributed by atoms with Crippen molar-refractivity contribution in [2.45, 2.75) is 38.2 Å². The monoisotopic (exact) mass is 455 g/mol. The number of hydrogen-bond donors (Lipinski definition) is 0. The SMILES string of the molecule is CC1(C)OC(=O)c2ccccc2C1C(=O)OCC(=O)N1c2ccccc2CCc2ccccc21. The Balaban J connectivity index is 1.43. The van der Waals surface area contributed by atoms with Gasteiger partial charge in [0, 0.05) is 0 Å². The molecule has 5 rings (SSSR count). The Kier molecular flexibility index (Phi) is 5.44. The van der Waals surface area contributed by atoms with Crippen LogP contribution in [-0.4, -0.2) is 30.1 Å². The van der Waals surface area contributed by atoms with Crippen molar-refractivity contribution in [1.29, 1.82) is 0 Å². The Morgan fingerprint density at radius 1 is 0.912 bits per heavy atom. The Morgan fingerprint density at radius 2 is 1.47 bits per heavy atom. The van der Waals surface area contributed by atoms with Crippen LogP contribution in [0.1, 0.15) is 46.8 Å². The predicted molar refractivity (Wildman–Crippen MR) is 127 cm³/mol. The number of amides is 1. The zero-order valence-electron chi connectivity index (χ0n) is 19.1. The number of nitrogens with zero attached hydrogens (tertiary/aromatic N) is 1. The summed E-state index contributed by atoms with van der Waals surface area (Å²) in [6.07, 6.45) is 1.63.